The van der Waals surface area contributed by atoms with E-state index in [1.807, 2.05) is 0 Å². The lowest BCUT2D eigenvalue weighted by Gasteiger charge is -1.97. The molecular formula is C7H12O2. The largest absolute Gasteiger partial charge is 0.483 e. The van der Waals surface area contributed by atoms with Crippen molar-refractivity contribution in [2.45, 2.75) is 25.7 Å². The van der Waals surface area contributed by atoms with E-state index in [4.69, 9.17) is 9.90 Å². The average molecular weight is 128 g/mol. The van der Waals surface area contributed by atoms with Crippen molar-refractivity contribution in [1.82, 2.24) is 0 Å². The quantitative estimate of drug-likeness (QED) is 0.399. The first-order valence-corrected chi connectivity index (χ1v) is 3.14. The van der Waals surface area contributed by atoms with E-state index in [0.29, 0.717) is 0 Å². The van der Waals surface area contributed by atoms with Gasteiger partial charge in [0, 0.05) is 0 Å². The molecule has 1 N–H and O–H groups in total. The first-order valence-electron chi connectivity index (χ1n) is 3.14. The molecule has 0 unspecified atom stereocenters. The molecule has 0 amide bonds. The molecule has 0 aliphatic heterocycles. The van der Waals surface area contributed by atoms with Gasteiger partial charge >= 0.3 is 0 Å². The van der Waals surface area contributed by atoms with Crippen LogP contribution >= 0.6 is 0 Å². The minimum absolute atomic E-state index is 0.250. The number of rotatable bonds is 0. The molecule has 0 saturated carbocycles. The fourth-order valence-electron chi connectivity index (χ4n) is 0.760. The summed E-state index contributed by atoms with van der Waals surface area (Å²) in [5, 5.41) is 6.89. The van der Waals surface area contributed by atoms with Crippen molar-refractivity contribution in [2.24, 2.45) is 0 Å². The Bertz CT molecular complexity index is 78.9. The number of hydrogen-bond donors (Lipinski definition) is 1. The van der Waals surface area contributed by atoms with Gasteiger partial charge in [0.15, 0.2) is 0 Å². The van der Waals surface area contributed by atoms with Crippen LogP contribution in [0, 0.1) is 0 Å². The Labute approximate surface area is 55.2 Å². The second kappa shape index (κ2) is 7.21. The van der Waals surface area contributed by atoms with E-state index in [1.54, 1.807) is 0 Å². The molecule has 0 bridgehead atoms. The Balaban J connectivity index is 0.000000187. The van der Waals surface area contributed by atoms with Crippen LogP contribution < -0.4 is 0 Å². The fraction of sp³-hybridized carbons (Fsp3) is 0.571. The summed E-state index contributed by atoms with van der Waals surface area (Å²) in [7, 11) is 0. The molecule has 0 fully saturated rings. The minimum atomic E-state index is -0.250. The fourth-order valence-corrected chi connectivity index (χ4v) is 0.760. The van der Waals surface area contributed by atoms with Gasteiger partial charge in [0.2, 0.25) is 0 Å². The molecule has 0 heterocycles. The van der Waals surface area contributed by atoms with Crippen LogP contribution in [0.1, 0.15) is 25.7 Å². The van der Waals surface area contributed by atoms with Gasteiger partial charge < -0.3 is 5.11 Å². The van der Waals surface area contributed by atoms with Crippen molar-refractivity contribution in [3.8, 4) is 0 Å². The summed E-state index contributed by atoms with van der Waals surface area (Å²) in [6, 6.07) is 0. The molecular weight excluding hydrogens is 116 g/mol. The van der Waals surface area contributed by atoms with Crippen molar-refractivity contribution in [2.75, 3.05) is 0 Å². The van der Waals surface area contributed by atoms with Gasteiger partial charge in [-0.2, -0.15) is 0 Å². The summed E-state index contributed by atoms with van der Waals surface area (Å²) in [5.74, 6) is 0. The molecule has 2 nitrogen and oxygen atoms in total. The maximum Gasteiger partial charge on any atom is 0.290 e. The Hall–Kier alpha value is -0.790. The zero-order valence-corrected chi connectivity index (χ0v) is 5.42. The summed E-state index contributed by atoms with van der Waals surface area (Å²) in [4.78, 5) is 8.36. The van der Waals surface area contributed by atoms with Gasteiger partial charge in [-0.3, -0.25) is 4.79 Å². The van der Waals surface area contributed by atoms with E-state index in [9.17, 15) is 0 Å². The first kappa shape index (κ1) is 8.21. The summed E-state index contributed by atoms with van der Waals surface area (Å²) in [6.07, 6.45) is 10.0. The SMILES string of the molecule is C1=CCCCC1.O=CO. The van der Waals surface area contributed by atoms with Crippen LogP contribution in [0.3, 0.4) is 0 Å². The number of hydrogen-bond acceptors (Lipinski definition) is 1. The highest BCUT2D eigenvalue weighted by molar-refractivity contribution is 5.32. The lowest BCUT2D eigenvalue weighted by atomic mass is 10.1. The summed E-state index contributed by atoms with van der Waals surface area (Å²) >= 11 is 0. The van der Waals surface area contributed by atoms with Gasteiger partial charge in [0.05, 0.1) is 0 Å². The molecule has 52 valence electrons. The van der Waals surface area contributed by atoms with Crippen LogP contribution in [0.2, 0.25) is 0 Å². The molecule has 0 aromatic rings. The van der Waals surface area contributed by atoms with Gasteiger partial charge in [-0.15, -0.1) is 0 Å². The molecule has 9 heavy (non-hydrogen) atoms. The number of carbonyl (C=O) groups is 1. The molecule has 1 aliphatic carbocycles. The third-order valence-electron chi connectivity index (χ3n) is 1.16. The van der Waals surface area contributed by atoms with Crippen LogP contribution in [-0.4, -0.2) is 11.6 Å². The van der Waals surface area contributed by atoms with Crippen LogP contribution in [0.15, 0.2) is 12.2 Å². The lowest BCUT2D eigenvalue weighted by Crippen LogP contribution is -1.77. The molecule has 2 heteroatoms. The molecule has 0 saturated heterocycles. The van der Waals surface area contributed by atoms with Gasteiger partial charge in [-0.1, -0.05) is 12.2 Å². The monoisotopic (exact) mass is 128 g/mol. The maximum absolute atomic E-state index is 8.36. The lowest BCUT2D eigenvalue weighted by molar-refractivity contribution is -0.122. The zero-order valence-electron chi connectivity index (χ0n) is 5.42. The van der Waals surface area contributed by atoms with E-state index in [-0.39, 0.29) is 6.47 Å². The van der Waals surface area contributed by atoms with Gasteiger partial charge in [0.1, 0.15) is 0 Å². The molecule has 0 aromatic heterocycles. The first-order chi connectivity index (χ1) is 4.41. The third kappa shape index (κ3) is 7.21. The topological polar surface area (TPSA) is 37.3 Å². The second-order valence-electron chi connectivity index (χ2n) is 1.86. The molecule has 1 rings (SSSR count). The highest BCUT2D eigenvalue weighted by atomic mass is 16.3. The molecule has 0 spiro atoms. The Morgan fingerprint density at radius 2 is 1.56 bits per heavy atom. The van der Waals surface area contributed by atoms with Crippen LogP contribution in [0.4, 0.5) is 0 Å². The second-order valence-corrected chi connectivity index (χ2v) is 1.86. The summed E-state index contributed by atoms with van der Waals surface area (Å²) < 4.78 is 0. The van der Waals surface area contributed by atoms with E-state index in [0.717, 1.165) is 0 Å². The van der Waals surface area contributed by atoms with Crippen LogP contribution in [0.5, 0.6) is 0 Å². The molecule has 1 aliphatic rings. The third-order valence-corrected chi connectivity index (χ3v) is 1.16. The van der Waals surface area contributed by atoms with Crippen molar-refractivity contribution in [1.29, 1.82) is 0 Å². The van der Waals surface area contributed by atoms with Gasteiger partial charge in [0.25, 0.3) is 6.47 Å². The van der Waals surface area contributed by atoms with E-state index >= 15 is 0 Å². The highest BCUT2D eigenvalue weighted by Crippen LogP contribution is 2.07. The van der Waals surface area contributed by atoms with Crippen molar-refractivity contribution < 1.29 is 9.90 Å². The van der Waals surface area contributed by atoms with Crippen molar-refractivity contribution in [3.05, 3.63) is 12.2 Å². The Morgan fingerprint density at radius 3 is 1.67 bits per heavy atom. The maximum atomic E-state index is 8.36. The Kier molecular flexibility index (Phi) is 6.58. The summed E-state index contributed by atoms with van der Waals surface area (Å²) in [5.41, 5.74) is 0. The predicted octanol–water partition coefficient (Wildman–Crippen LogP) is 1.82. The predicted molar refractivity (Wildman–Crippen MR) is 36.3 cm³/mol. The molecule has 0 atom stereocenters. The molecule has 0 radical (unpaired) electrons. The zero-order chi connectivity index (χ0) is 6.95. The smallest absolute Gasteiger partial charge is 0.290 e. The van der Waals surface area contributed by atoms with Crippen molar-refractivity contribution in [3.63, 3.8) is 0 Å². The standard InChI is InChI=1S/C6H10.CH2O2/c1-2-4-6-5-3-1;2-1-3/h1-2H,3-6H2;1H,(H,2,3). The van der Waals surface area contributed by atoms with E-state index in [1.165, 1.54) is 25.7 Å². The number of carboxylic acid groups (broad SMARTS) is 1. The van der Waals surface area contributed by atoms with Gasteiger partial charge in [-0.05, 0) is 25.7 Å². The highest BCUT2D eigenvalue weighted by Gasteiger charge is 1.87. The Morgan fingerprint density at radius 1 is 1.22 bits per heavy atom. The normalized spacial score (nSPS) is 15.6. The molecule has 0 aromatic carbocycles. The van der Waals surface area contributed by atoms with Crippen LogP contribution in [-0.2, 0) is 4.79 Å². The van der Waals surface area contributed by atoms with E-state index in [2.05, 4.69) is 12.2 Å². The average Bonchev–Trinajstić information content (AvgIpc) is 1.93. The van der Waals surface area contributed by atoms with Gasteiger partial charge in [-0.25, -0.2) is 0 Å². The van der Waals surface area contributed by atoms with Crippen molar-refractivity contribution >= 4 is 6.47 Å². The van der Waals surface area contributed by atoms with Crippen LogP contribution in [0.25, 0.3) is 0 Å². The summed E-state index contributed by atoms with van der Waals surface area (Å²) in [6.45, 7) is -0.250. The minimum Gasteiger partial charge on any atom is -0.483 e. The van der Waals surface area contributed by atoms with E-state index < -0.39 is 0 Å². The number of allylic oxidation sites excluding steroid dienone is 2.